The van der Waals surface area contributed by atoms with Gasteiger partial charge in [-0.1, -0.05) is 13.3 Å². The molecule has 0 bridgehead atoms. The molecule has 0 amide bonds. The van der Waals surface area contributed by atoms with Crippen molar-refractivity contribution in [2.24, 2.45) is 5.92 Å². The van der Waals surface area contributed by atoms with Gasteiger partial charge in [0.1, 0.15) is 0 Å². The highest BCUT2D eigenvalue weighted by atomic mass is 16.5. The highest BCUT2D eigenvalue weighted by Crippen LogP contribution is 2.16. The van der Waals surface area contributed by atoms with Gasteiger partial charge >= 0.3 is 0 Å². The van der Waals surface area contributed by atoms with Crippen LogP contribution < -0.4 is 5.32 Å². The van der Waals surface area contributed by atoms with Crippen molar-refractivity contribution in [3.8, 4) is 0 Å². The van der Waals surface area contributed by atoms with Crippen molar-refractivity contribution in [1.82, 2.24) is 5.32 Å². The first-order valence-electron chi connectivity index (χ1n) is 6.34. The number of ether oxygens (including phenoxy) is 1. The Morgan fingerprint density at radius 2 is 2.00 bits per heavy atom. The Bertz CT molecular complexity index is 171. The average Bonchev–Trinajstić information content (AvgIpc) is 2.23. The molecule has 0 heterocycles. The second-order valence-corrected chi connectivity index (χ2v) is 5.26. The molecule has 0 aromatic carbocycles. The smallest absolute Gasteiger partial charge is 0.0637 e. The largest absolute Gasteiger partial charge is 0.396 e. The van der Waals surface area contributed by atoms with Gasteiger partial charge in [-0.25, -0.2) is 0 Å². The summed E-state index contributed by atoms with van der Waals surface area (Å²) in [6.07, 6.45) is 3.01. The van der Waals surface area contributed by atoms with Crippen molar-refractivity contribution in [1.29, 1.82) is 0 Å². The molecule has 2 atom stereocenters. The van der Waals surface area contributed by atoms with Crippen LogP contribution in [0.25, 0.3) is 0 Å². The van der Waals surface area contributed by atoms with E-state index in [4.69, 9.17) is 9.84 Å². The normalized spacial score (nSPS) is 16.1. The fourth-order valence-corrected chi connectivity index (χ4v) is 1.89. The second-order valence-electron chi connectivity index (χ2n) is 5.26. The van der Waals surface area contributed by atoms with Crippen molar-refractivity contribution in [2.75, 3.05) is 20.3 Å². The molecule has 0 aliphatic rings. The Labute approximate surface area is 101 Å². The quantitative estimate of drug-likeness (QED) is 0.639. The number of hydrogen-bond acceptors (Lipinski definition) is 3. The van der Waals surface area contributed by atoms with Crippen molar-refractivity contribution in [3.63, 3.8) is 0 Å². The van der Waals surface area contributed by atoms with Crippen molar-refractivity contribution < 1.29 is 9.84 Å². The molecular formula is C13H29NO2. The fourth-order valence-electron chi connectivity index (χ4n) is 1.89. The van der Waals surface area contributed by atoms with Crippen LogP contribution >= 0.6 is 0 Å². The molecule has 2 N–H and O–H groups in total. The van der Waals surface area contributed by atoms with Crippen LogP contribution in [0.1, 0.15) is 47.0 Å². The van der Waals surface area contributed by atoms with Crippen LogP contribution in [0.3, 0.4) is 0 Å². The van der Waals surface area contributed by atoms with Gasteiger partial charge in [-0.05, 0) is 46.1 Å². The predicted molar refractivity (Wildman–Crippen MR) is 68.7 cm³/mol. The Hall–Kier alpha value is -0.120. The zero-order chi connectivity index (χ0) is 12.6. The van der Waals surface area contributed by atoms with Crippen LogP contribution in [0.2, 0.25) is 0 Å². The minimum absolute atomic E-state index is 0.0644. The zero-order valence-corrected chi connectivity index (χ0v) is 11.5. The summed E-state index contributed by atoms with van der Waals surface area (Å²) in [5.74, 6) is 0.582. The third kappa shape index (κ3) is 7.20. The summed E-state index contributed by atoms with van der Waals surface area (Å²) in [4.78, 5) is 0. The number of rotatable bonds is 9. The first-order chi connectivity index (χ1) is 7.45. The SMILES string of the molecule is CCC(CCO)CNC(C)CC(C)(C)OC. The molecule has 0 aliphatic carbocycles. The molecule has 0 aromatic heterocycles. The highest BCUT2D eigenvalue weighted by Gasteiger charge is 2.20. The maximum Gasteiger partial charge on any atom is 0.0637 e. The summed E-state index contributed by atoms with van der Waals surface area (Å²) in [5.41, 5.74) is -0.0644. The van der Waals surface area contributed by atoms with Gasteiger partial charge in [-0.3, -0.25) is 0 Å². The van der Waals surface area contributed by atoms with Crippen molar-refractivity contribution in [2.45, 2.75) is 58.6 Å². The lowest BCUT2D eigenvalue weighted by molar-refractivity contribution is 0.00821. The first kappa shape index (κ1) is 15.9. The molecule has 0 spiro atoms. The van der Waals surface area contributed by atoms with Crippen LogP contribution in [0.5, 0.6) is 0 Å². The summed E-state index contributed by atoms with van der Waals surface area (Å²) in [6, 6.07) is 0.447. The molecule has 0 saturated heterocycles. The maximum atomic E-state index is 8.91. The molecule has 16 heavy (non-hydrogen) atoms. The van der Waals surface area contributed by atoms with Crippen LogP contribution in [0, 0.1) is 5.92 Å². The summed E-state index contributed by atoms with van der Waals surface area (Å²) >= 11 is 0. The number of aliphatic hydroxyl groups excluding tert-OH is 1. The van der Waals surface area contributed by atoms with E-state index in [1.54, 1.807) is 7.11 Å². The van der Waals surface area contributed by atoms with Crippen LogP contribution in [-0.4, -0.2) is 37.0 Å². The van der Waals surface area contributed by atoms with E-state index in [-0.39, 0.29) is 12.2 Å². The highest BCUT2D eigenvalue weighted by molar-refractivity contribution is 4.76. The summed E-state index contributed by atoms with van der Waals surface area (Å²) in [7, 11) is 1.76. The monoisotopic (exact) mass is 231 g/mol. The van der Waals surface area contributed by atoms with Crippen molar-refractivity contribution >= 4 is 0 Å². The van der Waals surface area contributed by atoms with Gasteiger partial charge in [-0.15, -0.1) is 0 Å². The van der Waals surface area contributed by atoms with Gasteiger partial charge in [0.05, 0.1) is 5.60 Å². The number of methoxy groups -OCH3 is 1. The minimum atomic E-state index is -0.0644. The zero-order valence-electron chi connectivity index (χ0n) is 11.5. The summed E-state index contributed by atoms with van der Waals surface area (Å²) in [6.45, 7) is 9.85. The van der Waals surface area contributed by atoms with E-state index in [0.717, 1.165) is 25.8 Å². The number of nitrogens with one attached hydrogen (secondary N) is 1. The molecule has 0 fully saturated rings. The maximum absolute atomic E-state index is 8.91. The Morgan fingerprint density at radius 3 is 2.44 bits per heavy atom. The molecule has 3 heteroatoms. The first-order valence-corrected chi connectivity index (χ1v) is 6.34. The van der Waals surface area contributed by atoms with Crippen LogP contribution in [0.15, 0.2) is 0 Å². The van der Waals surface area contributed by atoms with E-state index in [9.17, 15) is 0 Å². The van der Waals surface area contributed by atoms with E-state index >= 15 is 0 Å². The second kappa shape index (κ2) is 8.04. The van der Waals surface area contributed by atoms with E-state index < -0.39 is 0 Å². The van der Waals surface area contributed by atoms with Gasteiger partial charge in [0, 0.05) is 19.8 Å². The molecule has 0 radical (unpaired) electrons. The number of aliphatic hydroxyl groups is 1. The number of hydrogen-bond donors (Lipinski definition) is 2. The third-order valence-corrected chi connectivity index (χ3v) is 3.22. The third-order valence-electron chi connectivity index (χ3n) is 3.22. The molecule has 3 nitrogen and oxygen atoms in total. The van der Waals surface area contributed by atoms with Gasteiger partial charge in [0.2, 0.25) is 0 Å². The lowest BCUT2D eigenvalue weighted by Gasteiger charge is -2.28. The predicted octanol–water partition coefficient (Wildman–Crippen LogP) is 2.19. The Balaban J connectivity index is 3.83. The molecule has 98 valence electrons. The lowest BCUT2D eigenvalue weighted by Crippen LogP contribution is -2.38. The molecule has 0 aromatic rings. The average molecular weight is 231 g/mol. The van der Waals surface area contributed by atoms with Crippen LogP contribution in [0.4, 0.5) is 0 Å². The van der Waals surface area contributed by atoms with E-state index in [2.05, 4.69) is 33.0 Å². The minimum Gasteiger partial charge on any atom is -0.396 e. The topological polar surface area (TPSA) is 41.5 Å². The summed E-state index contributed by atoms with van der Waals surface area (Å²) < 4.78 is 5.41. The van der Waals surface area contributed by atoms with Crippen LogP contribution in [-0.2, 0) is 4.74 Å². The van der Waals surface area contributed by atoms with Gasteiger partial charge < -0.3 is 15.2 Å². The van der Waals surface area contributed by atoms with Gasteiger partial charge in [0.25, 0.3) is 0 Å². The molecule has 0 saturated carbocycles. The lowest BCUT2D eigenvalue weighted by atomic mass is 9.98. The summed E-state index contributed by atoms with van der Waals surface area (Å²) in [5, 5.41) is 12.4. The van der Waals surface area contributed by atoms with E-state index in [1.807, 2.05) is 0 Å². The molecule has 2 unspecified atom stereocenters. The van der Waals surface area contributed by atoms with Gasteiger partial charge in [-0.2, -0.15) is 0 Å². The fraction of sp³-hybridized carbons (Fsp3) is 1.00. The van der Waals surface area contributed by atoms with E-state index in [0.29, 0.717) is 12.0 Å². The molecule has 0 rings (SSSR count). The van der Waals surface area contributed by atoms with Crippen molar-refractivity contribution in [3.05, 3.63) is 0 Å². The molecule has 0 aliphatic heterocycles. The Kier molecular flexibility index (Phi) is 7.98. The van der Waals surface area contributed by atoms with Gasteiger partial charge in [0.15, 0.2) is 0 Å². The Morgan fingerprint density at radius 1 is 1.38 bits per heavy atom. The standard InChI is InChI=1S/C13H29NO2/c1-6-12(7-8-15)10-14-11(2)9-13(3,4)16-5/h11-12,14-15H,6-10H2,1-5H3. The van der Waals surface area contributed by atoms with E-state index in [1.165, 1.54) is 0 Å². The molecular weight excluding hydrogens is 202 g/mol.